The summed E-state index contributed by atoms with van der Waals surface area (Å²) in [6.07, 6.45) is 2.03. The number of carbonyl (C=O) groups excluding carboxylic acids is 2. The lowest BCUT2D eigenvalue weighted by Crippen LogP contribution is -2.31. The lowest BCUT2D eigenvalue weighted by atomic mass is 9.89. The number of rotatable bonds is 4. The maximum atomic E-state index is 12.2. The van der Waals surface area contributed by atoms with Crippen molar-refractivity contribution in [3.63, 3.8) is 0 Å². The van der Waals surface area contributed by atoms with Gasteiger partial charge in [0.05, 0.1) is 6.42 Å². The van der Waals surface area contributed by atoms with Crippen LogP contribution in [0, 0.1) is 5.92 Å². The van der Waals surface area contributed by atoms with Gasteiger partial charge in [0.25, 0.3) is 0 Å². The van der Waals surface area contributed by atoms with Crippen molar-refractivity contribution in [2.75, 3.05) is 13.1 Å². The molecule has 2 rings (SSSR count). The molecule has 0 saturated carbocycles. The van der Waals surface area contributed by atoms with Gasteiger partial charge < -0.3 is 11.1 Å². The van der Waals surface area contributed by atoms with Crippen LogP contribution in [0.3, 0.4) is 0 Å². The molecule has 1 aromatic rings. The van der Waals surface area contributed by atoms with Gasteiger partial charge in [0.15, 0.2) is 5.78 Å². The van der Waals surface area contributed by atoms with Crippen LogP contribution in [0.5, 0.6) is 0 Å². The molecular weight excluding hydrogens is 228 g/mol. The van der Waals surface area contributed by atoms with Crippen molar-refractivity contribution in [3.05, 3.63) is 35.4 Å². The van der Waals surface area contributed by atoms with E-state index in [1.165, 1.54) is 0 Å². The van der Waals surface area contributed by atoms with E-state index in [9.17, 15) is 9.59 Å². The number of amides is 1. The van der Waals surface area contributed by atoms with Gasteiger partial charge in [0.2, 0.25) is 5.91 Å². The quantitative estimate of drug-likeness (QED) is 0.775. The molecule has 0 spiro atoms. The normalized spacial score (nSPS) is 16.4. The van der Waals surface area contributed by atoms with Gasteiger partial charge >= 0.3 is 0 Å². The number of ketones is 1. The Morgan fingerprint density at radius 2 is 1.78 bits per heavy atom. The number of nitrogens with one attached hydrogen (secondary N) is 1. The van der Waals surface area contributed by atoms with Crippen LogP contribution in [-0.2, 0) is 11.2 Å². The molecule has 0 radical (unpaired) electrons. The van der Waals surface area contributed by atoms with Gasteiger partial charge in [-0.15, -0.1) is 0 Å². The predicted octanol–water partition coefficient (Wildman–Crippen LogP) is 0.897. The third-order valence-electron chi connectivity index (χ3n) is 3.33. The molecule has 1 aliphatic heterocycles. The van der Waals surface area contributed by atoms with Gasteiger partial charge in [-0.3, -0.25) is 9.59 Å². The van der Waals surface area contributed by atoms with Crippen molar-refractivity contribution in [1.82, 2.24) is 5.32 Å². The zero-order valence-electron chi connectivity index (χ0n) is 10.3. The molecule has 1 amide bonds. The minimum Gasteiger partial charge on any atom is -0.369 e. The van der Waals surface area contributed by atoms with Crippen LogP contribution in [0.15, 0.2) is 24.3 Å². The third-order valence-corrected chi connectivity index (χ3v) is 3.33. The van der Waals surface area contributed by atoms with Crippen LogP contribution < -0.4 is 11.1 Å². The Morgan fingerprint density at radius 1 is 1.17 bits per heavy atom. The number of benzene rings is 1. The summed E-state index contributed by atoms with van der Waals surface area (Å²) in [5.41, 5.74) is 6.71. The van der Waals surface area contributed by atoms with Crippen molar-refractivity contribution in [2.45, 2.75) is 19.3 Å². The first-order chi connectivity index (χ1) is 8.66. The Bertz CT molecular complexity index is 434. The Balaban J connectivity index is 2.04. The van der Waals surface area contributed by atoms with E-state index < -0.39 is 0 Å². The fraction of sp³-hybridized carbons (Fsp3) is 0.429. The molecule has 18 heavy (non-hydrogen) atoms. The summed E-state index contributed by atoms with van der Waals surface area (Å²) in [4.78, 5) is 23.0. The van der Waals surface area contributed by atoms with Gasteiger partial charge in [0, 0.05) is 11.5 Å². The van der Waals surface area contributed by atoms with Gasteiger partial charge in [-0.05, 0) is 31.5 Å². The predicted molar refractivity (Wildman–Crippen MR) is 69.3 cm³/mol. The highest BCUT2D eigenvalue weighted by Gasteiger charge is 2.21. The Morgan fingerprint density at radius 3 is 2.33 bits per heavy atom. The van der Waals surface area contributed by atoms with Crippen molar-refractivity contribution >= 4 is 11.7 Å². The van der Waals surface area contributed by atoms with Gasteiger partial charge in [0.1, 0.15) is 0 Å². The monoisotopic (exact) mass is 246 g/mol. The number of piperidine rings is 1. The Hall–Kier alpha value is -1.68. The molecule has 96 valence electrons. The van der Waals surface area contributed by atoms with E-state index in [0.29, 0.717) is 0 Å². The molecular formula is C14H18N2O2. The molecule has 1 heterocycles. The summed E-state index contributed by atoms with van der Waals surface area (Å²) in [5.74, 6) is -0.0113. The van der Waals surface area contributed by atoms with E-state index in [1.54, 1.807) is 24.3 Å². The number of hydrogen-bond donors (Lipinski definition) is 2. The number of carbonyl (C=O) groups is 2. The molecule has 1 aliphatic rings. The van der Waals surface area contributed by atoms with Gasteiger partial charge in [-0.2, -0.15) is 0 Å². The number of nitrogens with two attached hydrogens (primary N) is 1. The highest BCUT2D eigenvalue weighted by molar-refractivity contribution is 5.98. The smallest absolute Gasteiger partial charge is 0.221 e. The molecule has 4 nitrogen and oxygen atoms in total. The van der Waals surface area contributed by atoms with Crippen molar-refractivity contribution in [2.24, 2.45) is 11.7 Å². The average Bonchev–Trinajstić information content (AvgIpc) is 2.39. The zero-order valence-corrected chi connectivity index (χ0v) is 10.3. The molecule has 0 atom stereocenters. The van der Waals surface area contributed by atoms with Crippen LogP contribution in [0.4, 0.5) is 0 Å². The third kappa shape index (κ3) is 3.17. The minimum atomic E-state index is -0.354. The molecule has 3 N–H and O–H groups in total. The molecule has 4 heteroatoms. The number of primary amides is 1. The summed E-state index contributed by atoms with van der Waals surface area (Å²) >= 11 is 0. The van der Waals surface area contributed by atoms with Gasteiger partial charge in [-0.1, -0.05) is 24.3 Å². The number of Topliss-reactive ketones (excluding diaryl/α,β-unsaturated/α-hetero) is 1. The van der Waals surface area contributed by atoms with Gasteiger partial charge in [-0.25, -0.2) is 0 Å². The van der Waals surface area contributed by atoms with Crippen molar-refractivity contribution in [1.29, 1.82) is 0 Å². The van der Waals surface area contributed by atoms with E-state index in [0.717, 1.165) is 37.1 Å². The highest BCUT2D eigenvalue weighted by atomic mass is 16.1. The van der Waals surface area contributed by atoms with E-state index in [2.05, 4.69) is 5.32 Å². The maximum absolute atomic E-state index is 12.2. The van der Waals surface area contributed by atoms with Crippen molar-refractivity contribution < 1.29 is 9.59 Å². The average molecular weight is 246 g/mol. The molecule has 1 fully saturated rings. The van der Waals surface area contributed by atoms with E-state index in [1.807, 2.05) is 0 Å². The standard InChI is InChI=1S/C14H18N2O2/c15-13(17)9-10-1-3-11(4-2-10)14(18)12-5-7-16-8-6-12/h1-4,12,16H,5-9H2,(H2,15,17). The lowest BCUT2D eigenvalue weighted by Gasteiger charge is -2.21. The second kappa shape index (κ2) is 5.78. The van der Waals surface area contributed by atoms with E-state index in [4.69, 9.17) is 5.73 Å². The fourth-order valence-corrected chi connectivity index (χ4v) is 2.31. The van der Waals surface area contributed by atoms with Crippen LogP contribution in [-0.4, -0.2) is 24.8 Å². The molecule has 0 unspecified atom stereocenters. The summed E-state index contributed by atoms with van der Waals surface area (Å²) in [6.45, 7) is 1.83. The molecule has 0 bridgehead atoms. The largest absolute Gasteiger partial charge is 0.369 e. The molecule has 0 aliphatic carbocycles. The summed E-state index contributed by atoms with van der Waals surface area (Å²) in [5, 5.41) is 3.25. The molecule has 1 aromatic carbocycles. The Labute approximate surface area is 107 Å². The number of hydrogen-bond acceptors (Lipinski definition) is 3. The molecule has 1 saturated heterocycles. The molecule has 0 aromatic heterocycles. The van der Waals surface area contributed by atoms with Crippen LogP contribution in [0.25, 0.3) is 0 Å². The van der Waals surface area contributed by atoms with E-state index >= 15 is 0 Å². The second-order valence-electron chi connectivity index (χ2n) is 4.73. The summed E-state index contributed by atoms with van der Waals surface area (Å²) in [7, 11) is 0. The SMILES string of the molecule is NC(=O)Cc1ccc(C(=O)C2CCNCC2)cc1. The minimum absolute atomic E-state index is 0.133. The van der Waals surface area contributed by atoms with Crippen LogP contribution in [0.1, 0.15) is 28.8 Å². The lowest BCUT2D eigenvalue weighted by molar-refractivity contribution is -0.117. The first-order valence-corrected chi connectivity index (χ1v) is 6.29. The summed E-state index contributed by atoms with van der Waals surface area (Å²) < 4.78 is 0. The summed E-state index contributed by atoms with van der Waals surface area (Å²) in [6, 6.07) is 7.20. The maximum Gasteiger partial charge on any atom is 0.221 e. The first-order valence-electron chi connectivity index (χ1n) is 6.29. The van der Waals surface area contributed by atoms with Crippen LogP contribution >= 0.6 is 0 Å². The van der Waals surface area contributed by atoms with Crippen molar-refractivity contribution in [3.8, 4) is 0 Å². The highest BCUT2D eigenvalue weighted by Crippen LogP contribution is 2.18. The Kier molecular flexibility index (Phi) is 4.10. The van der Waals surface area contributed by atoms with Crippen LogP contribution in [0.2, 0.25) is 0 Å². The fourth-order valence-electron chi connectivity index (χ4n) is 2.31. The topological polar surface area (TPSA) is 72.2 Å². The second-order valence-corrected chi connectivity index (χ2v) is 4.73. The van der Waals surface area contributed by atoms with E-state index in [-0.39, 0.29) is 24.0 Å². The first kappa shape index (κ1) is 12.8. The zero-order chi connectivity index (χ0) is 13.0.